The minimum absolute atomic E-state index is 0.0828. The monoisotopic (exact) mass is 227 g/mol. The number of nitrogens with zero attached hydrogens (tertiary/aromatic N) is 2. The molecule has 0 radical (unpaired) electrons. The largest absolute Gasteiger partial charge is 0.393 e. The normalized spacial score (nSPS) is 18.1. The predicted molar refractivity (Wildman–Crippen MR) is 58.7 cm³/mol. The van der Waals surface area contributed by atoms with E-state index in [9.17, 15) is 9.59 Å². The van der Waals surface area contributed by atoms with E-state index in [0.717, 1.165) is 0 Å². The number of hydrazone groups is 1. The van der Waals surface area contributed by atoms with Gasteiger partial charge in [-0.1, -0.05) is 0 Å². The lowest BCUT2D eigenvalue weighted by Crippen LogP contribution is -2.38. The van der Waals surface area contributed by atoms with Crippen molar-refractivity contribution >= 4 is 17.5 Å². The minimum atomic E-state index is -0.433. The van der Waals surface area contributed by atoms with Gasteiger partial charge in [0, 0.05) is 26.4 Å². The second-order valence-corrected chi connectivity index (χ2v) is 3.86. The first-order valence-electron chi connectivity index (χ1n) is 5.31. The van der Waals surface area contributed by atoms with E-state index in [-0.39, 0.29) is 11.8 Å². The van der Waals surface area contributed by atoms with Crippen LogP contribution in [0.4, 0.5) is 0 Å². The molecule has 0 saturated carbocycles. The Morgan fingerprint density at radius 2 is 2.31 bits per heavy atom. The number of carbonyl (C=O) groups excluding carboxylic acids is 2. The van der Waals surface area contributed by atoms with Crippen LogP contribution in [0.15, 0.2) is 5.10 Å². The molecule has 0 aromatic carbocycles. The summed E-state index contributed by atoms with van der Waals surface area (Å²) in [5.74, 6) is -0.347. The molecule has 6 nitrogen and oxygen atoms in total. The van der Waals surface area contributed by atoms with Crippen LogP contribution in [0.3, 0.4) is 0 Å². The molecule has 1 heterocycles. The molecule has 0 spiro atoms. The van der Waals surface area contributed by atoms with E-state index in [1.54, 1.807) is 6.92 Å². The molecule has 0 bridgehead atoms. The van der Waals surface area contributed by atoms with Gasteiger partial charge in [0.1, 0.15) is 5.71 Å². The van der Waals surface area contributed by atoms with Gasteiger partial charge in [-0.3, -0.25) is 9.59 Å². The van der Waals surface area contributed by atoms with Gasteiger partial charge in [0.25, 0.3) is 5.91 Å². The highest BCUT2D eigenvalue weighted by Crippen LogP contribution is 2.06. The van der Waals surface area contributed by atoms with Crippen molar-refractivity contribution in [2.24, 2.45) is 5.10 Å². The zero-order chi connectivity index (χ0) is 12.1. The van der Waals surface area contributed by atoms with Gasteiger partial charge in [-0.15, -0.1) is 0 Å². The number of amides is 2. The van der Waals surface area contributed by atoms with E-state index in [4.69, 9.17) is 5.11 Å². The molecule has 1 aliphatic heterocycles. The molecule has 1 unspecified atom stereocenters. The van der Waals surface area contributed by atoms with Gasteiger partial charge >= 0.3 is 0 Å². The average molecular weight is 227 g/mol. The van der Waals surface area contributed by atoms with E-state index < -0.39 is 6.10 Å². The molecular formula is C10H17N3O3. The summed E-state index contributed by atoms with van der Waals surface area (Å²) in [6.45, 7) is 2.07. The van der Waals surface area contributed by atoms with Crippen molar-refractivity contribution in [1.82, 2.24) is 10.3 Å². The summed E-state index contributed by atoms with van der Waals surface area (Å²) < 4.78 is 0. The summed E-state index contributed by atoms with van der Waals surface area (Å²) in [4.78, 5) is 22.7. The minimum Gasteiger partial charge on any atom is -0.393 e. The lowest BCUT2D eigenvalue weighted by Gasteiger charge is -2.18. The smallest absolute Gasteiger partial charge is 0.267 e. The lowest BCUT2D eigenvalue weighted by molar-refractivity contribution is -0.130. The Balaban J connectivity index is 2.42. The summed E-state index contributed by atoms with van der Waals surface area (Å²) >= 11 is 0. The van der Waals surface area contributed by atoms with Crippen molar-refractivity contribution in [3.63, 3.8) is 0 Å². The zero-order valence-corrected chi connectivity index (χ0v) is 9.56. The molecule has 6 heteroatoms. The van der Waals surface area contributed by atoms with E-state index >= 15 is 0 Å². The van der Waals surface area contributed by atoms with Gasteiger partial charge in [-0.2, -0.15) is 5.10 Å². The number of nitrogens with one attached hydrogen (secondary N) is 1. The number of aliphatic hydroxyl groups excluding tert-OH is 1. The Morgan fingerprint density at radius 3 is 2.88 bits per heavy atom. The Labute approximate surface area is 94.3 Å². The molecule has 0 aromatic rings. The molecule has 0 saturated heterocycles. The topological polar surface area (TPSA) is 82.0 Å². The second-order valence-electron chi connectivity index (χ2n) is 3.86. The first-order valence-corrected chi connectivity index (χ1v) is 5.31. The van der Waals surface area contributed by atoms with Crippen LogP contribution >= 0.6 is 0 Å². The summed E-state index contributed by atoms with van der Waals surface area (Å²) in [5.41, 5.74) is 0.368. The van der Waals surface area contributed by atoms with Gasteiger partial charge in [0.05, 0.1) is 6.10 Å². The summed E-state index contributed by atoms with van der Waals surface area (Å²) in [6.07, 6.45) is 0.772. The van der Waals surface area contributed by atoms with Crippen LogP contribution < -0.4 is 5.32 Å². The Hall–Kier alpha value is -1.43. The quantitative estimate of drug-likeness (QED) is 0.678. The SMILES string of the molecule is CC(O)CCNC(=O)C1=NN(C)C(=O)CC1. The van der Waals surface area contributed by atoms with Crippen LogP contribution in [0.5, 0.6) is 0 Å². The third-order valence-electron chi connectivity index (χ3n) is 2.32. The van der Waals surface area contributed by atoms with E-state index in [1.807, 2.05) is 0 Å². The predicted octanol–water partition coefficient (Wildman–Crippen LogP) is -0.518. The van der Waals surface area contributed by atoms with Gasteiger partial charge in [0.2, 0.25) is 5.91 Å². The van der Waals surface area contributed by atoms with Crippen molar-refractivity contribution in [2.75, 3.05) is 13.6 Å². The van der Waals surface area contributed by atoms with Crippen molar-refractivity contribution in [1.29, 1.82) is 0 Å². The maximum Gasteiger partial charge on any atom is 0.267 e. The number of hydrogen-bond acceptors (Lipinski definition) is 4. The number of rotatable bonds is 4. The van der Waals surface area contributed by atoms with Crippen molar-refractivity contribution in [3.05, 3.63) is 0 Å². The van der Waals surface area contributed by atoms with Gasteiger partial charge in [-0.25, -0.2) is 5.01 Å². The maximum atomic E-state index is 11.6. The first-order chi connectivity index (χ1) is 7.50. The van der Waals surface area contributed by atoms with Crippen LogP contribution in [0.1, 0.15) is 26.2 Å². The standard InChI is InChI=1S/C10H17N3O3/c1-7(14)5-6-11-10(16)8-3-4-9(15)13(2)12-8/h7,14H,3-6H2,1-2H3,(H,11,16). The van der Waals surface area contributed by atoms with E-state index in [1.165, 1.54) is 12.1 Å². The van der Waals surface area contributed by atoms with Crippen LogP contribution in [0.25, 0.3) is 0 Å². The highest BCUT2D eigenvalue weighted by molar-refractivity contribution is 6.39. The summed E-state index contributed by atoms with van der Waals surface area (Å²) in [5, 5.41) is 16.7. The fourth-order valence-corrected chi connectivity index (χ4v) is 1.33. The van der Waals surface area contributed by atoms with Crippen LogP contribution in [0, 0.1) is 0 Å². The molecule has 2 amide bonds. The van der Waals surface area contributed by atoms with Gasteiger partial charge in [-0.05, 0) is 13.3 Å². The Bertz CT molecular complexity index is 312. The first kappa shape index (κ1) is 12.6. The number of aliphatic hydroxyl groups is 1. The van der Waals surface area contributed by atoms with Crippen molar-refractivity contribution in [3.8, 4) is 0 Å². The third-order valence-corrected chi connectivity index (χ3v) is 2.32. The molecule has 1 aliphatic rings. The Morgan fingerprint density at radius 1 is 1.62 bits per heavy atom. The Kier molecular flexibility index (Phi) is 4.42. The number of carbonyl (C=O) groups is 2. The van der Waals surface area contributed by atoms with E-state index in [2.05, 4.69) is 10.4 Å². The molecular weight excluding hydrogens is 210 g/mol. The molecule has 1 rings (SSSR count). The molecule has 0 fully saturated rings. The molecule has 90 valence electrons. The summed E-state index contributed by atoms with van der Waals surface area (Å²) in [7, 11) is 1.53. The van der Waals surface area contributed by atoms with Crippen molar-refractivity contribution in [2.45, 2.75) is 32.3 Å². The fourth-order valence-electron chi connectivity index (χ4n) is 1.33. The molecule has 0 aromatic heterocycles. The van der Waals surface area contributed by atoms with Crippen molar-refractivity contribution < 1.29 is 14.7 Å². The van der Waals surface area contributed by atoms with E-state index in [0.29, 0.717) is 31.5 Å². The molecule has 0 aliphatic carbocycles. The fraction of sp³-hybridized carbons (Fsp3) is 0.700. The highest BCUT2D eigenvalue weighted by Gasteiger charge is 2.21. The second kappa shape index (κ2) is 5.60. The molecule has 2 N–H and O–H groups in total. The van der Waals surface area contributed by atoms with Gasteiger partial charge < -0.3 is 10.4 Å². The maximum absolute atomic E-state index is 11.6. The van der Waals surface area contributed by atoms with Crippen LogP contribution in [-0.4, -0.2) is 47.3 Å². The zero-order valence-electron chi connectivity index (χ0n) is 9.56. The third kappa shape index (κ3) is 3.62. The lowest BCUT2D eigenvalue weighted by atomic mass is 10.1. The number of hydrogen-bond donors (Lipinski definition) is 2. The van der Waals surface area contributed by atoms with Crippen LogP contribution in [0.2, 0.25) is 0 Å². The van der Waals surface area contributed by atoms with Gasteiger partial charge in [0.15, 0.2) is 0 Å². The average Bonchev–Trinajstić information content (AvgIpc) is 2.21. The molecule has 16 heavy (non-hydrogen) atoms. The summed E-state index contributed by atoms with van der Waals surface area (Å²) in [6, 6.07) is 0. The van der Waals surface area contributed by atoms with Crippen LogP contribution in [-0.2, 0) is 9.59 Å². The molecule has 1 atom stereocenters. The highest BCUT2D eigenvalue weighted by atomic mass is 16.3.